The molecular weight excluding hydrogens is 96.0 g/mol. The Balaban J connectivity index is 3.00. The molecule has 0 fully saturated rings. The first-order valence-corrected chi connectivity index (χ1v) is 1.94. The van der Waals surface area contributed by atoms with Gasteiger partial charge >= 0.3 is 0 Å². The summed E-state index contributed by atoms with van der Waals surface area (Å²) in [6.45, 7) is 0.270. The lowest BCUT2D eigenvalue weighted by molar-refractivity contribution is -0.128. The van der Waals surface area contributed by atoms with Gasteiger partial charge in [-0.25, -0.2) is 5.48 Å². The maximum atomic E-state index is 9.97. The largest absolute Gasteiger partial charge is 0.330 e. The molecule has 7 heavy (non-hydrogen) atoms. The molecule has 4 N–H and O–H groups in total. The van der Waals surface area contributed by atoms with Gasteiger partial charge in [-0.1, -0.05) is 0 Å². The molecule has 42 valence electrons. The molecule has 0 rings (SSSR count). The molecule has 0 radical (unpaired) electrons. The summed E-state index contributed by atoms with van der Waals surface area (Å²) in [6, 6.07) is 0. The summed E-state index contributed by atoms with van der Waals surface area (Å²) < 4.78 is 0. The molecule has 0 unspecified atom stereocenters. The second-order valence-corrected chi connectivity index (χ2v) is 1.07. The fourth-order valence-electron chi connectivity index (χ4n) is 0.187. The number of hydroxylamine groups is 1. The third-order valence-electron chi connectivity index (χ3n) is 0.496. The normalized spacial score (nSPS) is 8.29. The van der Waals surface area contributed by atoms with Crippen LogP contribution in [0.15, 0.2) is 0 Å². The van der Waals surface area contributed by atoms with Crippen LogP contribution in [0.25, 0.3) is 0 Å². The van der Waals surface area contributed by atoms with E-state index in [1.165, 1.54) is 5.48 Å². The molecule has 0 bridgehead atoms. The van der Waals surface area contributed by atoms with Crippen LogP contribution in [0.1, 0.15) is 6.42 Å². The first-order valence-electron chi connectivity index (χ1n) is 1.94. The van der Waals surface area contributed by atoms with Gasteiger partial charge < -0.3 is 5.73 Å². The summed E-state index contributed by atoms with van der Waals surface area (Å²) >= 11 is 0. The van der Waals surface area contributed by atoms with Gasteiger partial charge in [-0.2, -0.15) is 0 Å². The van der Waals surface area contributed by atoms with Crippen LogP contribution in [-0.2, 0) is 4.79 Å². The topological polar surface area (TPSA) is 75.4 Å². The van der Waals surface area contributed by atoms with Crippen molar-refractivity contribution in [3.8, 4) is 0 Å². The minimum Gasteiger partial charge on any atom is -0.330 e. The Kier molecular flexibility index (Phi) is 3.26. The lowest BCUT2D eigenvalue weighted by atomic mass is 10.4. The highest BCUT2D eigenvalue weighted by molar-refractivity contribution is 5.74. The molecule has 0 aromatic rings. The van der Waals surface area contributed by atoms with E-state index in [0.717, 1.165) is 0 Å². The summed E-state index contributed by atoms with van der Waals surface area (Å²) in [6.07, 6.45) is 0.177. The van der Waals surface area contributed by atoms with Gasteiger partial charge in [0.05, 0.1) is 0 Å². The molecule has 0 saturated heterocycles. The Morgan fingerprint density at radius 1 is 1.86 bits per heavy atom. The Morgan fingerprint density at radius 3 is 2.57 bits per heavy atom. The minimum atomic E-state index is -0.442. The second kappa shape index (κ2) is 3.58. The molecule has 0 aliphatic rings. The number of nitrogens with two attached hydrogens (primary N) is 1. The SMILES string of the molecule is NCCC(=O)NO. The number of nitrogens with one attached hydrogen (secondary N) is 1. The Bertz CT molecular complexity index is 64.0. The van der Waals surface area contributed by atoms with Gasteiger partial charge in [0.15, 0.2) is 0 Å². The summed E-state index contributed by atoms with van der Waals surface area (Å²) in [5, 5.41) is 7.81. The number of hydrogen-bond acceptors (Lipinski definition) is 3. The van der Waals surface area contributed by atoms with Gasteiger partial charge in [0.25, 0.3) is 0 Å². The fourth-order valence-corrected chi connectivity index (χ4v) is 0.187. The van der Waals surface area contributed by atoms with Crippen LogP contribution in [0, 0.1) is 0 Å². The highest BCUT2D eigenvalue weighted by Gasteiger charge is 1.91. The number of carbonyl (C=O) groups excluding carboxylic acids is 1. The van der Waals surface area contributed by atoms with E-state index in [4.69, 9.17) is 10.9 Å². The summed E-state index contributed by atoms with van der Waals surface area (Å²) in [5.74, 6) is -0.442. The maximum absolute atomic E-state index is 9.97. The summed E-state index contributed by atoms with van der Waals surface area (Å²) in [4.78, 5) is 9.97. The van der Waals surface area contributed by atoms with Crippen LogP contribution in [0.5, 0.6) is 0 Å². The van der Waals surface area contributed by atoms with Gasteiger partial charge in [-0.05, 0) is 0 Å². The first kappa shape index (κ1) is 6.39. The molecule has 0 heterocycles. The van der Waals surface area contributed by atoms with Crippen LogP contribution in [0.4, 0.5) is 0 Å². The zero-order chi connectivity index (χ0) is 5.70. The fraction of sp³-hybridized carbons (Fsp3) is 0.667. The molecule has 0 aliphatic heterocycles. The third-order valence-corrected chi connectivity index (χ3v) is 0.496. The van der Waals surface area contributed by atoms with E-state index in [-0.39, 0.29) is 13.0 Å². The molecule has 4 nitrogen and oxygen atoms in total. The van der Waals surface area contributed by atoms with Crippen LogP contribution >= 0.6 is 0 Å². The molecule has 0 aromatic heterocycles. The molecule has 0 spiro atoms. The van der Waals surface area contributed by atoms with Crippen molar-refractivity contribution < 1.29 is 10.0 Å². The van der Waals surface area contributed by atoms with Crippen LogP contribution in [-0.4, -0.2) is 17.7 Å². The average Bonchev–Trinajstić information content (AvgIpc) is 1.68. The zero-order valence-corrected chi connectivity index (χ0v) is 3.85. The van der Waals surface area contributed by atoms with E-state index in [1.807, 2.05) is 0 Å². The van der Waals surface area contributed by atoms with Crippen molar-refractivity contribution in [1.29, 1.82) is 0 Å². The van der Waals surface area contributed by atoms with E-state index in [0.29, 0.717) is 0 Å². The first-order chi connectivity index (χ1) is 3.31. The van der Waals surface area contributed by atoms with E-state index < -0.39 is 5.91 Å². The molecule has 1 amide bonds. The van der Waals surface area contributed by atoms with Gasteiger partial charge in [-0.3, -0.25) is 10.0 Å². The molecule has 4 heteroatoms. The van der Waals surface area contributed by atoms with E-state index in [9.17, 15) is 4.79 Å². The van der Waals surface area contributed by atoms with Crippen LogP contribution in [0.2, 0.25) is 0 Å². The van der Waals surface area contributed by atoms with Crippen LogP contribution in [0.3, 0.4) is 0 Å². The van der Waals surface area contributed by atoms with Crippen molar-refractivity contribution in [2.24, 2.45) is 5.73 Å². The summed E-state index contributed by atoms with van der Waals surface area (Å²) in [5.41, 5.74) is 6.38. The smallest absolute Gasteiger partial charge is 0.244 e. The highest BCUT2D eigenvalue weighted by atomic mass is 16.5. The van der Waals surface area contributed by atoms with Crippen molar-refractivity contribution >= 4 is 5.91 Å². The van der Waals surface area contributed by atoms with E-state index in [2.05, 4.69) is 0 Å². The van der Waals surface area contributed by atoms with E-state index in [1.54, 1.807) is 0 Å². The third kappa shape index (κ3) is 3.21. The number of rotatable bonds is 2. The molecule has 0 aromatic carbocycles. The van der Waals surface area contributed by atoms with Gasteiger partial charge in [0, 0.05) is 13.0 Å². The minimum absolute atomic E-state index is 0.177. The lowest BCUT2D eigenvalue weighted by Gasteiger charge is -1.90. The number of amides is 1. The van der Waals surface area contributed by atoms with Crippen LogP contribution < -0.4 is 11.2 Å². The Morgan fingerprint density at radius 2 is 2.43 bits per heavy atom. The molecule has 0 atom stereocenters. The number of hydrogen-bond donors (Lipinski definition) is 3. The maximum Gasteiger partial charge on any atom is 0.244 e. The second-order valence-electron chi connectivity index (χ2n) is 1.07. The predicted molar refractivity (Wildman–Crippen MR) is 23.6 cm³/mol. The van der Waals surface area contributed by atoms with Crippen molar-refractivity contribution in [3.05, 3.63) is 0 Å². The van der Waals surface area contributed by atoms with E-state index >= 15 is 0 Å². The van der Waals surface area contributed by atoms with Crippen molar-refractivity contribution in [3.63, 3.8) is 0 Å². The highest BCUT2D eigenvalue weighted by Crippen LogP contribution is 1.68. The molecule has 0 saturated carbocycles. The quantitative estimate of drug-likeness (QED) is 0.305. The molecule has 0 aliphatic carbocycles. The van der Waals surface area contributed by atoms with Gasteiger partial charge in [0.1, 0.15) is 0 Å². The standard InChI is InChI=1S/C3H8N2O2/c4-2-1-3(6)5-7/h7H,1-2,4H2,(H,5,6). The van der Waals surface area contributed by atoms with Crippen molar-refractivity contribution in [2.75, 3.05) is 6.54 Å². The van der Waals surface area contributed by atoms with Crippen molar-refractivity contribution in [1.82, 2.24) is 5.48 Å². The lowest BCUT2D eigenvalue weighted by Crippen LogP contribution is -2.21. The average molecular weight is 104 g/mol. The zero-order valence-electron chi connectivity index (χ0n) is 3.85. The molecular formula is C3H8N2O2. The van der Waals surface area contributed by atoms with Crippen molar-refractivity contribution in [2.45, 2.75) is 6.42 Å². The van der Waals surface area contributed by atoms with Gasteiger partial charge in [-0.15, -0.1) is 0 Å². The Labute approximate surface area is 41.3 Å². The van der Waals surface area contributed by atoms with Gasteiger partial charge in [0.2, 0.25) is 5.91 Å². The predicted octanol–water partition coefficient (Wildman–Crippen LogP) is -1.16. The summed E-state index contributed by atoms with van der Waals surface area (Å²) in [7, 11) is 0. The number of carbonyl (C=O) groups is 1. The Hall–Kier alpha value is -0.610. The monoisotopic (exact) mass is 104 g/mol.